The predicted octanol–water partition coefficient (Wildman–Crippen LogP) is 2.69. The summed E-state index contributed by atoms with van der Waals surface area (Å²) in [5.74, 6) is 3.05. The number of rotatable bonds is 4. The van der Waals surface area contributed by atoms with Gasteiger partial charge < -0.3 is 10.2 Å². The fourth-order valence-electron chi connectivity index (χ4n) is 3.23. The summed E-state index contributed by atoms with van der Waals surface area (Å²) in [6.45, 7) is 11.0. The molecular weight excluding hydrogens is 389 g/mol. The molecule has 1 N–H and O–H groups in total. The van der Waals surface area contributed by atoms with Crippen LogP contribution < -0.4 is 5.32 Å². The molecule has 3 unspecified atom stereocenters. The first-order chi connectivity index (χ1) is 10.1. The molecule has 1 fully saturated rings. The first-order valence-electron chi connectivity index (χ1n) is 8.01. The zero-order valence-electron chi connectivity index (χ0n) is 14.2. The molecule has 0 bridgehead atoms. The first kappa shape index (κ1) is 19.3. The molecule has 3 atom stereocenters. The number of halogens is 1. The van der Waals surface area contributed by atoms with Crippen molar-refractivity contribution in [1.82, 2.24) is 20.0 Å². The van der Waals surface area contributed by atoms with Gasteiger partial charge >= 0.3 is 0 Å². The Morgan fingerprint density at radius 2 is 2.05 bits per heavy atom. The molecule has 22 heavy (non-hydrogen) atoms. The van der Waals surface area contributed by atoms with Gasteiger partial charge in [-0.05, 0) is 30.2 Å². The standard InChI is InChI=1S/C16H29N5.HI/c1-13-8-14(2)11-20(10-13)16(17-4)18-9-15(3)12-21-7-5-6-19-21;/h5-7,13-15H,8-12H2,1-4H3,(H,17,18);1H. The highest BCUT2D eigenvalue weighted by Crippen LogP contribution is 2.20. The number of aromatic nitrogens is 2. The fraction of sp³-hybridized carbons (Fsp3) is 0.750. The summed E-state index contributed by atoms with van der Waals surface area (Å²) in [5, 5.41) is 7.79. The number of hydrogen-bond donors (Lipinski definition) is 1. The largest absolute Gasteiger partial charge is 0.356 e. The lowest BCUT2D eigenvalue weighted by atomic mass is 9.92. The average molecular weight is 419 g/mol. The van der Waals surface area contributed by atoms with Crippen LogP contribution in [0.1, 0.15) is 27.2 Å². The molecule has 1 aromatic heterocycles. The van der Waals surface area contributed by atoms with Crippen molar-refractivity contribution < 1.29 is 0 Å². The molecular formula is C16H30IN5. The Morgan fingerprint density at radius 1 is 1.36 bits per heavy atom. The molecule has 2 heterocycles. The number of hydrogen-bond acceptors (Lipinski definition) is 2. The maximum Gasteiger partial charge on any atom is 0.193 e. The molecule has 0 amide bonds. The summed E-state index contributed by atoms with van der Waals surface area (Å²) in [4.78, 5) is 6.86. The van der Waals surface area contributed by atoms with Gasteiger partial charge in [-0.2, -0.15) is 5.10 Å². The maximum absolute atomic E-state index is 4.46. The molecule has 0 saturated carbocycles. The Hall–Kier alpha value is -0.790. The van der Waals surface area contributed by atoms with Gasteiger partial charge in [0.05, 0.1) is 0 Å². The van der Waals surface area contributed by atoms with E-state index in [-0.39, 0.29) is 24.0 Å². The van der Waals surface area contributed by atoms with E-state index in [1.807, 2.05) is 30.2 Å². The van der Waals surface area contributed by atoms with Crippen LogP contribution in [0.3, 0.4) is 0 Å². The van der Waals surface area contributed by atoms with Crippen molar-refractivity contribution in [2.75, 3.05) is 26.7 Å². The molecule has 6 heteroatoms. The second kappa shape index (κ2) is 9.37. The van der Waals surface area contributed by atoms with Crippen LogP contribution in [0.5, 0.6) is 0 Å². The van der Waals surface area contributed by atoms with Crippen LogP contribution in [0.25, 0.3) is 0 Å². The van der Waals surface area contributed by atoms with Crippen molar-refractivity contribution in [3.63, 3.8) is 0 Å². The lowest BCUT2D eigenvalue weighted by Crippen LogP contribution is -2.49. The minimum Gasteiger partial charge on any atom is -0.356 e. The minimum atomic E-state index is 0. The number of piperidine rings is 1. The van der Waals surface area contributed by atoms with Crippen molar-refractivity contribution in [2.24, 2.45) is 22.7 Å². The lowest BCUT2D eigenvalue weighted by Gasteiger charge is -2.37. The van der Waals surface area contributed by atoms with E-state index in [1.165, 1.54) is 6.42 Å². The van der Waals surface area contributed by atoms with Crippen LogP contribution in [0.4, 0.5) is 0 Å². The maximum atomic E-state index is 4.46. The van der Waals surface area contributed by atoms with Crippen molar-refractivity contribution in [1.29, 1.82) is 0 Å². The normalized spacial score (nSPS) is 23.8. The zero-order valence-corrected chi connectivity index (χ0v) is 16.5. The summed E-state index contributed by atoms with van der Waals surface area (Å²) in [7, 11) is 1.88. The topological polar surface area (TPSA) is 45.5 Å². The number of aliphatic imine (C=N–C) groups is 1. The van der Waals surface area contributed by atoms with Gasteiger partial charge in [-0.3, -0.25) is 9.67 Å². The first-order valence-corrected chi connectivity index (χ1v) is 8.01. The minimum absolute atomic E-state index is 0. The molecule has 0 aliphatic carbocycles. The van der Waals surface area contributed by atoms with Gasteiger partial charge in [-0.1, -0.05) is 20.8 Å². The predicted molar refractivity (Wildman–Crippen MR) is 103 cm³/mol. The third-order valence-electron chi connectivity index (χ3n) is 4.05. The zero-order chi connectivity index (χ0) is 15.2. The van der Waals surface area contributed by atoms with Crippen molar-refractivity contribution in [2.45, 2.75) is 33.7 Å². The Labute approximate surface area is 151 Å². The quantitative estimate of drug-likeness (QED) is 0.464. The smallest absolute Gasteiger partial charge is 0.193 e. The van der Waals surface area contributed by atoms with E-state index in [9.17, 15) is 0 Å². The van der Waals surface area contributed by atoms with E-state index in [1.54, 1.807) is 0 Å². The molecule has 126 valence electrons. The summed E-state index contributed by atoms with van der Waals surface area (Å²) in [5.41, 5.74) is 0. The monoisotopic (exact) mass is 419 g/mol. The summed E-state index contributed by atoms with van der Waals surface area (Å²) in [6, 6.07) is 1.97. The highest BCUT2D eigenvalue weighted by Gasteiger charge is 2.24. The highest BCUT2D eigenvalue weighted by molar-refractivity contribution is 14.0. The molecule has 0 spiro atoms. The molecule has 1 aliphatic heterocycles. The van der Waals surface area contributed by atoms with E-state index in [0.29, 0.717) is 5.92 Å². The van der Waals surface area contributed by atoms with Gasteiger partial charge in [-0.15, -0.1) is 24.0 Å². The van der Waals surface area contributed by atoms with Crippen molar-refractivity contribution in [3.8, 4) is 0 Å². The van der Waals surface area contributed by atoms with E-state index < -0.39 is 0 Å². The van der Waals surface area contributed by atoms with Gasteiger partial charge in [0.1, 0.15) is 0 Å². The fourth-order valence-corrected chi connectivity index (χ4v) is 3.23. The van der Waals surface area contributed by atoms with Crippen LogP contribution in [0.2, 0.25) is 0 Å². The Morgan fingerprint density at radius 3 is 2.59 bits per heavy atom. The molecule has 1 aliphatic rings. The Kier molecular flexibility index (Phi) is 8.20. The second-order valence-corrected chi connectivity index (χ2v) is 6.61. The van der Waals surface area contributed by atoms with Gasteiger partial charge in [0.25, 0.3) is 0 Å². The van der Waals surface area contributed by atoms with Crippen molar-refractivity contribution >= 4 is 29.9 Å². The summed E-state index contributed by atoms with van der Waals surface area (Å²) < 4.78 is 1.99. The third kappa shape index (κ3) is 5.78. The van der Waals surface area contributed by atoms with Gasteiger partial charge in [-0.25, -0.2) is 0 Å². The Bertz CT molecular complexity index is 435. The van der Waals surface area contributed by atoms with Gasteiger partial charge in [0.2, 0.25) is 0 Å². The second-order valence-electron chi connectivity index (χ2n) is 6.61. The average Bonchev–Trinajstić information content (AvgIpc) is 2.91. The Balaban J connectivity index is 0.00000242. The van der Waals surface area contributed by atoms with Crippen molar-refractivity contribution in [3.05, 3.63) is 18.5 Å². The number of nitrogens with zero attached hydrogens (tertiary/aromatic N) is 4. The molecule has 5 nitrogen and oxygen atoms in total. The highest BCUT2D eigenvalue weighted by atomic mass is 127. The molecule has 0 aromatic carbocycles. The number of nitrogens with one attached hydrogen (secondary N) is 1. The van der Waals surface area contributed by atoms with Crippen LogP contribution >= 0.6 is 24.0 Å². The number of likely N-dealkylation sites (tertiary alicyclic amines) is 1. The number of guanidine groups is 1. The third-order valence-corrected chi connectivity index (χ3v) is 4.05. The van der Waals surface area contributed by atoms with E-state index >= 15 is 0 Å². The summed E-state index contributed by atoms with van der Waals surface area (Å²) >= 11 is 0. The van der Waals surface area contributed by atoms with E-state index in [2.05, 4.69) is 41.1 Å². The van der Waals surface area contributed by atoms with Crippen LogP contribution in [0, 0.1) is 17.8 Å². The van der Waals surface area contributed by atoms with E-state index in [4.69, 9.17) is 0 Å². The molecule has 1 aromatic rings. The van der Waals surface area contributed by atoms with Gasteiger partial charge in [0.15, 0.2) is 5.96 Å². The lowest BCUT2D eigenvalue weighted by molar-refractivity contribution is 0.207. The summed E-state index contributed by atoms with van der Waals surface area (Å²) in [6.07, 6.45) is 5.16. The van der Waals surface area contributed by atoms with Crippen LogP contribution in [-0.2, 0) is 6.54 Å². The van der Waals surface area contributed by atoms with Crippen LogP contribution in [0.15, 0.2) is 23.5 Å². The molecule has 1 saturated heterocycles. The SMILES string of the molecule is CN=C(NCC(C)Cn1cccn1)N1CC(C)CC(C)C1.I. The van der Waals surface area contributed by atoms with E-state index in [0.717, 1.165) is 44.0 Å². The van der Waals surface area contributed by atoms with Crippen LogP contribution in [-0.4, -0.2) is 47.3 Å². The van der Waals surface area contributed by atoms with Gasteiger partial charge in [0, 0.05) is 45.6 Å². The molecule has 0 radical (unpaired) electrons. The molecule has 2 rings (SSSR count).